The minimum absolute atomic E-state index is 0.0435. The van der Waals surface area contributed by atoms with Crippen molar-refractivity contribution < 1.29 is 23.9 Å². The van der Waals surface area contributed by atoms with Crippen LogP contribution in [0.2, 0.25) is 0 Å². The molecule has 2 saturated heterocycles. The van der Waals surface area contributed by atoms with E-state index in [4.69, 9.17) is 4.74 Å². The second kappa shape index (κ2) is 9.30. The molecule has 5 amide bonds. The summed E-state index contributed by atoms with van der Waals surface area (Å²) in [5, 5.41) is 0. The van der Waals surface area contributed by atoms with E-state index in [1.54, 1.807) is 4.90 Å². The molecule has 172 valence electrons. The van der Waals surface area contributed by atoms with Crippen LogP contribution in [0, 0.1) is 5.41 Å². The number of rotatable bonds is 6. The first-order chi connectivity index (χ1) is 15.4. The lowest BCUT2D eigenvalue weighted by atomic mass is 9.67. The monoisotopic (exact) mass is 441 g/mol. The van der Waals surface area contributed by atoms with Gasteiger partial charge in [0.2, 0.25) is 11.8 Å². The molecule has 32 heavy (non-hydrogen) atoms. The van der Waals surface area contributed by atoms with Gasteiger partial charge in [-0.15, -0.1) is 0 Å². The number of imide groups is 2. The van der Waals surface area contributed by atoms with Crippen LogP contribution in [0.15, 0.2) is 30.3 Å². The highest BCUT2D eigenvalue weighted by atomic mass is 16.6. The van der Waals surface area contributed by atoms with Gasteiger partial charge in [0.25, 0.3) is 0 Å². The molecule has 0 unspecified atom stereocenters. The second-order valence-electron chi connectivity index (χ2n) is 9.25. The molecule has 8 heteroatoms. The number of urea groups is 1. The number of carbonyl (C=O) groups excluding carboxylic acids is 4. The van der Waals surface area contributed by atoms with Crippen molar-refractivity contribution in [2.75, 3.05) is 19.6 Å². The van der Waals surface area contributed by atoms with Crippen LogP contribution in [0.5, 0.6) is 0 Å². The zero-order valence-electron chi connectivity index (χ0n) is 18.6. The molecule has 2 aliphatic heterocycles. The standard InChI is InChI=1S/C24H31N3O5/c1-2-3-13-26-20(28)14-21(29)27(22(26)30)19-9-11-24(12-10-19)16-25(17-24)23(31)32-15-18-7-5-4-6-8-18/h4-8,19H,2-3,9-17H2,1H3. The zero-order valence-corrected chi connectivity index (χ0v) is 18.6. The Balaban J connectivity index is 1.27. The Morgan fingerprint density at radius 2 is 1.75 bits per heavy atom. The first-order valence-electron chi connectivity index (χ1n) is 11.5. The number of amides is 5. The maximum absolute atomic E-state index is 12.9. The minimum Gasteiger partial charge on any atom is -0.445 e. The van der Waals surface area contributed by atoms with Crippen molar-refractivity contribution in [2.24, 2.45) is 5.41 Å². The van der Waals surface area contributed by atoms with E-state index in [0.717, 1.165) is 31.2 Å². The number of likely N-dealkylation sites (tertiary alicyclic amines) is 1. The fourth-order valence-corrected chi connectivity index (χ4v) is 5.04. The van der Waals surface area contributed by atoms with Crippen LogP contribution in [-0.4, -0.2) is 64.3 Å². The van der Waals surface area contributed by atoms with Gasteiger partial charge in [-0.25, -0.2) is 9.59 Å². The Morgan fingerprint density at radius 1 is 1.06 bits per heavy atom. The Kier molecular flexibility index (Phi) is 6.48. The highest BCUT2D eigenvalue weighted by Gasteiger charge is 2.50. The van der Waals surface area contributed by atoms with E-state index in [1.165, 1.54) is 9.80 Å². The van der Waals surface area contributed by atoms with Gasteiger partial charge in [-0.1, -0.05) is 43.7 Å². The summed E-state index contributed by atoms with van der Waals surface area (Å²) in [7, 11) is 0. The topological polar surface area (TPSA) is 87.2 Å². The number of hydrogen-bond donors (Lipinski definition) is 0. The molecule has 8 nitrogen and oxygen atoms in total. The first kappa shape index (κ1) is 22.3. The van der Waals surface area contributed by atoms with E-state index in [2.05, 4.69) is 0 Å². The summed E-state index contributed by atoms with van der Waals surface area (Å²) in [5.41, 5.74) is 1.00. The number of benzene rings is 1. The summed E-state index contributed by atoms with van der Waals surface area (Å²) in [4.78, 5) is 54.2. The van der Waals surface area contributed by atoms with E-state index in [1.807, 2.05) is 37.3 Å². The maximum atomic E-state index is 12.9. The van der Waals surface area contributed by atoms with Crippen LogP contribution in [-0.2, 0) is 20.9 Å². The highest BCUT2D eigenvalue weighted by molar-refractivity contribution is 6.14. The molecule has 1 saturated carbocycles. The molecular formula is C24H31N3O5. The van der Waals surface area contributed by atoms with Crippen molar-refractivity contribution in [3.8, 4) is 0 Å². The number of nitrogens with zero attached hydrogens (tertiary/aromatic N) is 3. The van der Waals surface area contributed by atoms with Crippen molar-refractivity contribution in [3.05, 3.63) is 35.9 Å². The molecule has 0 radical (unpaired) electrons. The van der Waals surface area contributed by atoms with E-state index in [0.29, 0.717) is 32.5 Å². The molecule has 4 rings (SSSR count). The molecule has 3 aliphatic rings. The van der Waals surface area contributed by atoms with Gasteiger partial charge in [0.05, 0.1) is 0 Å². The van der Waals surface area contributed by atoms with Gasteiger partial charge < -0.3 is 9.64 Å². The van der Waals surface area contributed by atoms with Gasteiger partial charge in [0, 0.05) is 31.1 Å². The molecule has 2 heterocycles. The predicted octanol–water partition coefficient (Wildman–Crippen LogP) is 3.55. The third-order valence-electron chi connectivity index (χ3n) is 6.94. The van der Waals surface area contributed by atoms with E-state index in [9.17, 15) is 19.2 Å². The minimum atomic E-state index is -0.458. The third kappa shape index (κ3) is 4.49. The van der Waals surface area contributed by atoms with Gasteiger partial charge in [-0.05, 0) is 37.7 Å². The number of unbranched alkanes of at least 4 members (excludes halogenated alkanes) is 1. The van der Waals surface area contributed by atoms with Gasteiger partial charge in [0.1, 0.15) is 13.0 Å². The molecule has 0 bridgehead atoms. The van der Waals surface area contributed by atoms with Gasteiger partial charge in [-0.3, -0.25) is 19.4 Å². The lowest BCUT2D eigenvalue weighted by Crippen LogP contribution is -2.63. The van der Waals surface area contributed by atoms with Gasteiger partial charge in [0.15, 0.2) is 0 Å². The van der Waals surface area contributed by atoms with Crippen LogP contribution in [0.3, 0.4) is 0 Å². The Morgan fingerprint density at radius 3 is 2.41 bits per heavy atom. The number of hydrogen-bond acceptors (Lipinski definition) is 5. The van der Waals surface area contributed by atoms with Crippen molar-refractivity contribution in [1.82, 2.24) is 14.7 Å². The van der Waals surface area contributed by atoms with Crippen LogP contribution in [0.25, 0.3) is 0 Å². The fourth-order valence-electron chi connectivity index (χ4n) is 5.04. The quantitative estimate of drug-likeness (QED) is 0.630. The number of barbiturate groups is 1. The van der Waals surface area contributed by atoms with Crippen LogP contribution in [0.1, 0.15) is 57.4 Å². The molecule has 1 aromatic rings. The second-order valence-corrected chi connectivity index (χ2v) is 9.25. The van der Waals surface area contributed by atoms with E-state index >= 15 is 0 Å². The summed E-state index contributed by atoms with van der Waals surface area (Å²) in [5.74, 6) is -0.769. The number of carbonyl (C=O) groups is 4. The average molecular weight is 442 g/mol. The summed E-state index contributed by atoms with van der Waals surface area (Å²) < 4.78 is 5.42. The Bertz CT molecular complexity index is 871. The molecular weight excluding hydrogens is 410 g/mol. The Hall–Kier alpha value is -2.90. The Labute approximate surface area is 188 Å². The van der Waals surface area contributed by atoms with Crippen molar-refractivity contribution in [3.63, 3.8) is 0 Å². The molecule has 1 aromatic carbocycles. The van der Waals surface area contributed by atoms with Gasteiger partial charge in [-0.2, -0.15) is 0 Å². The lowest BCUT2D eigenvalue weighted by Gasteiger charge is -2.53. The largest absolute Gasteiger partial charge is 0.445 e. The molecule has 1 spiro atoms. The zero-order chi connectivity index (χ0) is 22.7. The summed E-state index contributed by atoms with van der Waals surface area (Å²) in [6.45, 7) is 3.93. The van der Waals surface area contributed by atoms with Crippen molar-refractivity contribution in [2.45, 2.75) is 64.5 Å². The molecule has 0 atom stereocenters. The highest BCUT2D eigenvalue weighted by Crippen LogP contribution is 2.45. The summed E-state index contributed by atoms with van der Waals surface area (Å²) >= 11 is 0. The van der Waals surface area contributed by atoms with Crippen LogP contribution >= 0.6 is 0 Å². The molecule has 0 aromatic heterocycles. The summed E-state index contributed by atoms with van der Waals surface area (Å²) in [6.07, 6.45) is 4.21. The predicted molar refractivity (Wildman–Crippen MR) is 116 cm³/mol. The smallest absolute Gasteiger partial charge is 0.410 e. The van der Waals surface area contributed by atoms with Crippen molar-refractivity contribution >= 4 is 23.9 Å². The van der Waals surface area contributed by atoms with Crippen LogP contribution in [0.4, 0.5) is 9.59 Å². The number of ether oxygens (including phenoxy) is 1. The van der Waals surface area contributed by atoms with Gasteiger partial charge >= 0.3 is 12.1 Å². The maximum Gasteiger partial charge on any atom is 0.410 e. The SMILES string of the molecule is CCCCN1C(=O)CC(=O)N(C2CCC3(CC2)CN(C(=O)OCc2ccccc2)C3)C1=O. The lowest BCUT2D eigenvalue weighted by molar-refractivity contribution is -0.145. The van der Waals surface area contributed by atoms with E-state index in [-0.39, 0.29) is 42.4 Å². The molecule has 1 aliphatic carbocycles. The van der Waals surface area contributed by atoms with Crippen molar-refractivity contribution in [1.29, 1.82) is 0 Å². The van der Waals surface area contributed by atoms with Crippen LogP contribution < -0.4 is 0 Å². The fraction of sp³-hybridized carbons (Fsp3) is 0.583. The third-order valence-corrected chi connectivity index (χ3v) is 6.94. The average Bonchev–Trinajstić information content (AvgIpc) is 2.77. The summed E-state index contributed by atoms with van der Waals surface area (Å²) in [6, 6.07) is 8.97. The molecule has 3 fully saturated rings. The normalized spacial score (nSPS) is 21.2. The molecule has 0 N–H and O–H groups in total. The first-order valence-corrected chi connectivity index (χ1v) is 11.5. The van der Waals surface area contributed by atoms with E-state index < -0.39 is 6.03 Å².